The average molecular weight is 860 g/mol. The number of ether oxygens (including phenoxy) is 1. The number of alkyl halides is 3. The SMILES string of the molecule is CN(C)c1ccc(N=Nc2ccc(N3C(=O)[C@H]4[C@H](CC=C5[C@H]4C[C@H]4C(=O)N(c6cccc(Cl)c6)C(=O)[C@@]4(c4ccccc4)[C@H]5c4cc(OC(F)(F)F)ccc4O)C3=O)cc2)cc1. The lowest BCUT2D eigenvalue weighted by atomic mass is 9.49. The Bertz CT molecular complexity index is 2690. The Balaban J connectivity index is 1.14. The number of benzene rings is 5. The summed E-state index contributed by atoms with van der Waals surface area (Å²) in [5, 5.41) is 20.5. The number of hydrogen-bond acceptors (Lipinski definition) is 9. The van der Waals surface area contributed by atoms with Gasteiger partial charge in [-0.25, -0.2) is 4.90 Å². The zero-order chi connectivity index (χ0) is 43.7. The van der Waals surface area contributed by atoms with Gasteiger partial charge in [-0.15, -0.1) is 13.2 Å². The highest BCUT2D eigenvalue weighted by atomic mass is 35.5. The van der Waals surface area contributed by atoms with Crippen molar-refractivity contribution in [1.29, 1.82) is 0 Å². The molecule has 1 saturated carbocycles. The van der Waals surface area contributed by atoms with Gasteiger partial charge in [0.25, 0.3) is 0 Å². The molecule has 4 aliphatic rings. The first-order valence-electron chi connectivity index (χ1n) is 19.8. The van der Waals surface area contributed by atoms with Crippen LogP contribution < -0.4 is 19.4 Å². The van der Waals surface area contributed by atoms with Crippen molar-refractivity contribution >= 4 is 63.7 Å². The second-order valence-electron chi connectivity index (χ2n) is 16.0. The van der Waals surface area contributed by atoms with E-state index in [-0.39, 0.29) is 29.1 Å². The average Bonchev–Trinajstić information content (AvgIpc) is 3.64. The van der Waals surface area contributed by atoms with Crippen molar-refractivity contribution in [3.8, 4) is 11.5 Å². The fourth-order valence-corrected chi connectivity index (χ4v) is 10.1. The third-order valence-electron chi connectivity index (χ3n) is 12.5. The largest absolute Gasteiger partial charge is 0.573 e. The highest BCUT2D eigenvalue weighted by Gasteiger charge is 2.70. The molecule has 0 radical (unpaired) electrons. The standard InChI is InChI=1S/C47H37ClF3N5O6/c1-54(2)30-15-11-28(12-16-30)52-53-29-13-17-31(18-14-29)55-42(58)35-21-20-34-36(40(35)44(55)60)25-38-43(59)56(32-10-6-9-27(48)23-32)45(61)46(38,26-7-4-3-5-8-26)41(34)37-24-33(19-22-39(37)57)62-47(49,50)51/h3-20,22-24,35-36,38,40-41,57H,21,25H2,1-2H3/t35-,36+,38-,40-,41+,46+/m0/s1. The zero-order valence-electron chi connectivity index (χ0n) is 33.2. The number of amides is 4. The normalized spacial score (nSPS) is 24.5. The molecule has 0 aromatic heterocycles. The minimum Gasteiger partial charge on any atom is -0.508 e. The van der Waals surface area contributed by atoms with Crippen molar-refractivity contribution in [2.24, 2.45) is 33.9 Å². The molecule has 2 saturated heterocycles. The van der Waals surface area contributed by atoms with Gasteiger partial charge in [-0.3, -0.25) is 24.1 Å². The number of azo groups is 1. The summed E-state index contributed by atoms with van der Waals surface area (Å²) >= 11 is 6.37. The summed E-state index contributed by atoms with van der Waals surface area (Å²) in [7, 11) is 3.86. The van der Waals surface area contributed by atoms with Gasteiger partial charge in [0.05, 0.1) is 45.9 Å². The third kappa shape index (κ3) is 6.69. The molecule has 1 N–H and O–H groups in total. The number of nitrogens with zero attached hydrogens (tertiary/aromatic N) is 5. The maximum atomic E-state index is 15.4. The van der Waals surface area contributed by atoms with E-state index in [2.05, 4.69) is 15.0 Å². The van der Waals surface area contributed by atoms with E-state index in [0.29, 0.717) is 28.2 Å². The van der Waals surface area contributed by atoms with Gasteiger partial charge >= 0.3 is 6.36 Å². The molecule has 0 bridgehead atoms. The van der Waals surface area contributed by atoms with Crippen LogP contribution in [0.5, 0.6) is 11.5 Å². The number of phenols is 1. The summed E-state index contributed by atoms with van der Waals surface area (Å²) in [6.45, 7) is 0. The summed E-state index contributed by atoms with van der Waals surface area (Å²) < 4.78 is 45.4. The van der Waals surface area contributed by atoms with E-state index in [1.807, 2.05) is 43.3 Å². The molecule has 5 aromatic rings. The molecular weight excluding hydrogens is 823 g/mol. The van der Waals surface area contributed by atoms with Crippen LogP contribution in [0.3, 0.4) is 0 Å². The van der Waals surface area contributed by atoms with Crippen LogP contribution in [0, 0.1) is 23.7 Å². The number of aromatic hydroxyl groups is 1. The van der Waals surface area contributed by atoms with Crippen molar-refractivity contribution in [2.45, 2.75) is 30.5 Å². The van der Waals surface area contributed by atoms with E-state index in [4.69, 9.17) is 11.6 Å². The van der Waals surface area contributed by atoms with Gasteiger partial charge in [-0.2, -0.15) is 10.2 Å². The third-order valence-corrected chi connectivity index (χ3v) is 12.7. The van der Waals surface area contributed by atoms with Gasteiger partial charge in [0.2, 0.25) is 23.6 Å². The second kappa shape index (κ2) is 15.3. The lowest BCUT2D eigenvalue weighted by Gasteiger charge is -2.50. The van der Waals surface area contributed by atoms with E-state index < -0.39 is 76.5 Å². The molecule has 0 spiro atoms. The van der Waals surface area contributed by atoms with Crippen LogP contribution in [-0.2, 0) is 24.6 Å². The second-order valence-corrected chi connectivity index (χ2v) is 16.4. The lowest BCUT2D eigenvalue weighted by Crippen LogP contribution is -2.53. The fraction of sp³-hybridized carbons (Fsp3) is 0.234. The maximum absolute atomic E-state index is 15.4. The number of rotatable bonds is 8. The molecule has 6 atom stereocenters. The predicted molar refractivity (Wildman–Crippen MR) is 225 cm³/mol. The number of carbonyl (C=O) groups is 4. The zero-order valence-corrected chi connectivity index (χ0v) is 33.9. The van der Waals surface area contributed by atoms with E-state index in [9.17, 15) is 32.7 Å². The smallest absolute Gasteiger partial charge is 0.508 e. The quantitative estimate of drug-likeness (QED) is 0.0934. The lowest BCUT2D eigenvalue weighted by molar-refractivity contribution is -0.274. The minimum atomic E-state index is -5.10. The molecule has 2 heterocycles. The molecular formula is C47H37ClF3N5O6. The van der Waals surface area contributed by atoms with Crippen LogP contribution >= 0.6 is 11.6 Å². The Morgan fingerprint density at radius 1 is 0.758 bits per heavy atom. The number of imide groups is 2. The summed E-state index contributed by atoms with van der Waals surface area (Å²) in [4.78, 5) is 63.6. The van der Waals surface area contributed by atoms with Crippen molar-refractivity contribution in [3.63, 3.8) is 0 Å². The molecule has 15 heteroatoms. The van der Waals surface area contributed by atoms with Crippen LogP contribution in [0.25, 0.3) is 0 Å². The Labute approximate surface area is 358 Å². The number of allylic oxidation sites excluding steroid dienone is 2. The Morgan fingerprint density at radius 3 is 2.08 bits per heavy atom. The first-order valence-corrected chi connectivity index (χ1v) is 20.2. The van der Waals surface area contributed by atoms with Gasteiger partial charge in [-0.05, 0) is 109 Å². The van der Waals surface area contributed by atoms with Gasteiger partial charge in [0.1, 0.15) is 11.5 Å². The topological polar surface area (TPSA) is 132 Å². The van der Waals surface area contributed by atoms with Crippen molar-refractivity contribution in [3.05, 3.63) is 149 Å². The van der Waals surface area contributed by atoms with E-state index in [0.717, 1.165) is 33.7 Å². The predicted octanol–water partition coefficient (Wildman–Crippen LogP) is 9.79. The highest BCUT2D eigenvalue weighted by molar-refractivity contribution is 6.32. The molecule has 11 nitrogen and oxygen atoms in total. The number of hydrogen-bond donors (Lipinski definition) is 1. The monoisotopic (exact) mass is 859 g/mol. The van der Waals surface area contributed by atoms with Gasteiger partial charge in [0, 0.05) is 36.3 Å². The molecule has 4 amide bonds. The molecule has 9 rings (SSSR count). The molecule has 2 aliphatic carbocycles. The van der Waals surface area contributed by atoms with E-state index in [1.54, 1.807) is 78.9 Å². The van der Waals surface area contributed by atoms with Gasteiger partial charge < -0.3 is 14.7 Å². The molecule has 314 valence electrons. The van der Waals surface area contributed by atoms with E-state index >= 15 is 4.79 Å². The van der Waals surface area contributed by atoms with Crippen LogP contribution in [0.15, 0.2) is 143 Å². The Hall–Kier alpha value is -6.80. The summed E-state index contributed by atoms with van der Waals surface area (Å²) in [6.07, 6.45) is -3.37. The maximum Gasteiger partial charge on any atom is 0.573 e. The molecule has 3 fully saturated rings. The van der Waals surface area contributed by atoms with Gasteiger partial charge in [-0.1, -0.05) is 59.6 Å². The first-order chi connectivity index (χ1) is 29.7. The Morgan fingerprint density at radius 2 is 1.44 bits per heavy atom. The van der Waals surface area contributed by atoms with Crippen LogP contribution in [0.1, 0.15) is 29.9 Å². The van der Waals surface area contributed by atoms with Crippen LogP contribution in [0.4, 0.5) is 41.6 Å². The summed E-state index contributed by atoms with van der Waals surface area (Å²) in [5.74, 6) is -8.64. The van der Waals surface area contributed by atoms with E-state index in [1.165, 1.54) is 6.07 Å². The minimum absolute atomic E-state index is 0.0438. The molecule has 62 heavy (non-hydrogen) atoms. The Kier molecular flexibility index (Phi) is 10.0. The van der Waals surface area contributed by atoms with Crippen molar-refractivity contribution < 1.29 is 42.2 Å². The van der Waals surface area contributed by atoms with Crippen molar-refractivity contribution in [1.82, 2.24) is 0 Å². The first kappa shape index (κ1) is 40.6. The summed E-state index contributed by atoms with van der Waals surface area (Å²) in [5.41, 5.74) is 1.44. The fourth-order valence-electron chi connectivity index (χ4n) is 9.90. The van der Waals surface area contributed by atoms with Crippen LogP contribution in [0.2, 0.25) is 5.02 Å². The number of carbonyl (C=O) groups excluding carboxylic acids is 4. The molecule has 2 aliphatic heterocycles. The molecule has 0 unspecified atom stereocenters. The highest BCUT2D eigenvalue weighted by Crippen LogP contribution is 2.65. The number of halogens is 4. The van der Waals surface area contributed by atoms with Gasteiger partial charge in [0.15, 0.2) is 0 Å². The van der Waals surface area contributed by atoms with Crippen LogP contribution in [-0.4, -0.2) is 49.2 Å². The summed E-state index contributed by atoms with van der Waals surface area (Å²) in [6, 6.07) is 31.6. The molecule has 5 aromatic carbocycles. The number of phenolic OH excluding ortho intramolecular Hbond substituents is 1. The van der Waals surface area contributed by atoms with Crippen molar-refractivity contribution in [2.75, 3.05) is 28.8 Å². The number of anilines is 3. The number of fused-ring (bicyclic) bond motifs is 4.